The van der Waals surface area contributed by atoms with E-state index in [1.807, 2.05) is 11.8 Å². The molecule has 2 N–H and O–H groups in total. The Balaban J connectivity index is 2.18. The Hall–Kier alpha value is -0.510. The molecule has 3 heteroatoms. The number of benzene rings is 1. The quantitative estimate of drug-likeness (QED) is 0.585. The lowest BCUT2D eigenvalue weighted by Crippen LogP contribution is -2.37. The minimum Gasteiger partial charge on any atom is -0.313 e. The van der Waals surface area contributed by atoms with E-state index < -0.39 is 0 Å². The van der Waals surface area contributed by atoms with E-state index in [9.17, 15) is 0 Å². The first-order valence-electron chi connectivity index (χ1n) is 6.60. The molecule has 2 nitrogen and oxygen atoms in total. The molecule has 0 saturated heterocycles. The zero-order valence-corrected chi connectivity index (χ0v) is 12.9. The van der Waals surface area contributed by atoms with Gasteiger partial charge in [-0.25, -0.2) is 0 Å². The van der Waals surface area contributed by atoms with Crippen LogP contribution in [0.25, 0.3) is 0 Å². The maximum Gasteiger partial charge on any atom is 0.0216 e. The minimum absolute atomic E-state index is 0.228. The number of thioether (sulfide) groups is 1. The molecule has 0 bridgehead atoms. The third-order valence-electron chi connectivity index (χ3n) is 2.69. The number of hydrogen-bond donors (Lipinski definition) is 2. The molecule has 0 unspecified atom stereocenters. The zero-order valence-electron chi connectivity index (χ0n) is 12.0. The van der Waals surface area contributed by atoms with E-state index >= 15 is 0 Å². The van der Waals surface area contributed by atoms with Crippen molar-refractivity contribution in [2.45, 2.75) is 44.2 Å². The number of rotatable bonds is 7. The predicted octanol–water partition coefficient (Wildman–Crippen LogP) is 3.28. The second-order valence-corrected chi connectivity index (χ2v) is 6.37. The van der Waals surface area contributed by atoms with Crippen LogP contribution in [0.3, 0.4) is 0 Å². The Bertz CT molecular complexity index is 345. The van der Waals surface area contributed by atoms with Crippen molar-refractivity contribution in [1.82, 2.24) is 10.6 Å². The van der Waals surface area contributed by atoms with Gasteiger partial charge >= 0.3 is 0 Å². The molecule has 1 aromatic rings. The molecule has 0 heterocycles. The topological polar surface area (TPSA) is 24.1 Å². The van der Waals surface area contributed by atoms with Crippen LogP contribution in [0.2, 0.25) is 0 Å². The fourth-order valence-electron chi connectivity index (χ4n) is 1.75. The summed E-state index contributed by atoms with van der Waals surface area (Å²) in [6.07, 6.45) is 3.30. The van der Waals surface area contributed by atoms with Gasteiger partial charge in [0.2, 0.25) is 0 Å². The highest BCUT2D eigenvalue weighted by molar-refractivity contribution is 7.98. The average Bonchev–Trinajstić information content (AvgIpc) is 2.32. The summed E-state index contributed by atoms with van der Waals surface area (Å²) in [5.74, 6) is 0. The Kier molecular flexibility index (Phi) is 6.76. The van der Waals surface area contributed by atoms with Crippen LogP contribution in [-0.2, 0) is 6.54 Å². The molecule has 0 aliphatic rings. The standard InChI is InChI=1S/C15H26N2S/c1-15(2,3)17-11-7-10-16-12-13-8-5-6-9-14(13)18-4/h5-6,8-9,16-17H,7,10-12H2,1-4H3. The van der Waals surface area contributed by atoms with Gasteiger partial charge in [-0.1, -0.05) is 18.2 Å². The molecule has 0 atom stereocenters. The van der Waals surface area contributed by atoms with Crippen LogP contribution in [-0.4, -0.2) is 24.9 Å². The second-order valence-electron chi connectivity index (χ2n) is 5.52. The lowest BCUT2D eigenvalue weighted by atomic mass is 10.1. The van der Waals surface area contributed by atoms with E-state index in [1.54, 1.807) is 0 Å². The van der Waals surface area contributed by atoms with Gasteiger partial charge in [0.05, 0.1) is 0 Å². The molecule has 0 radical (unpaired) electrons. The van der Waals surface area contributed by atoms with Gasteiger partial charge in [-0.3, -0.25) is 0 Å². The van der Waals surface area contributed by atoms with Gasteiger partial charge < -0.3 is 10.6 Å². The normalized spacial score (nSPS) is 11.8. The van der Waals surface area contributed by atoms with Crippen molar-refractivity contribution in [2.75, 3.05) is 19.3 Å². The zero-order chi connectivity index (χ0) is 13.4. The summed E-state index contributed by atoms with van der Waals surface area (Å²) in [6.45, 7) is 9.71. The third-order valence-corrected chi connectivity index (χ3v) is 3.53. The third kappa shape index (κ3) is 6.43. The Morgan fingerprint density at radius 2 is 1.83 bits per heavy atom. The monoisotopic (exact) mass is 266 g/mol. The fraction of sp³-hybridized carbons (Fsp3) is 0.600. The summed E-state index contributed by atoms with van der Waals surface area (Å²) in [5, 5.41) is 7.01. The van der Waals surface area contributed by atoms with Crippen LogP contribution in [0.5, 0.6) is 0 Å². The molecule has 0 saturated carbocycles. The van der Waals surface area contributed by atoms with Gasteiger partial charge in [-0.05, 0) is 58.2 Å². The summed E-state index contributed by atoms with van der Waals surface area (Å²) in [7, 11) is 0. The highest BCUT2D eigenvalue weighted by Gasteiger charge is 2.06. The maximum atomic E-state index is 3.51. The van der Waals surface area contributed by atoms with Crippen LogP contribution in [0.1, 0.15) is 32.8 Å². The van der Waals surface area contributed by atoms with Crippen molar-refractivity contribution in [3.05, 3.63) is 29.8 Å². The first kappa shape index (κ1) is 15.5. The molecule has 0 aromatic heterocycles. The van der Waals surface area contributed by atoms with E-state index in [-0.39, 0.29) is 5.54 Å². The first-order chi connectivity index (χ1) is 8.53. The Morgan fingerprint density at radius 1 is 1.11 bits per heavy atom. The smallest absolute Gasteiger partial charge is 0.0216 e. The maximum absolute atomic E-state index is 3.51. The van der Waals surface area contributed by atoms with Gasteiger partial charge in [0, 0.05) is 17.0 Å². The fourth-order valence-corrected chi connectivity index (χ4v) is 2.37. The first-order valence-corrected chi connectivity index (χ1v) is 7.83. The van der Waals surface area contributed by atoms with Gasteiger partial charge in [-0.2, -0.15) is 0 Å². The van der Waals surface area contributed by atoms with Gasteiger partial charge in [0.1, 0.15) is 0 Å². The molecule has 102 valence electrons. The largest absolute Gasteiger partial charge is 0.313 e. The van der Waals surface area contributed by atoms with Gasteiger partial charge in [-0.15, -0.1) is 11.8 Å². The highest BCUT2D eigenvalue weighted by Crippen LogP contribution is 2.19. The predicted molar refractivity (Wildman–Crippen MR) is 82.3 cm³/mol. The molecule has 0 amide bonds. The molecule has 1 aromatic carbocycles. The Morgan fingerprint density at radius 3 is 2.50 bits per heavy atom. The minimum atomic E-state index is 0.228. The van der Waals surface area contributed by atoms with E-state index in [0.29, 0.717) is 0 Å². The molecular weight excluding hydrogens is 240 g/mol. The number of nitrogens with one attached hydrogen (secondary N) is 2. The van der Waals surface area contributed by atoms with Crippen molar-refractivity contribution in [3.8, 4) is 0 Å². The van der Waals surface area contributed by atoms with Crippen LogP contribution in [0.15, 0.2) is 29.2 Å². The second kappa shape index (κ2) is 7.82. The van der Waals surface area contributed by atoms with Crippen molar-refractivity contribution >= 4 is 11.8 Å². The van der Waals surface area contributed by atoms with Crippen molar-refractivity contribution < 1.29 is 0 Å². The van der Waals surface area contributed by atoms with E-state index in [1.165, 1.54) is 16.9 Å². The summed E-state index contributed by atoms with van der Waals surface area (Å²) in [6, 6.07) is 8.59. The summed E-state index contributed by atoms with van der Waals surface area (Å²) >= 11 is 1.81. The molecule has 18 heavy (non-hydrogen) atoms. The van der Waals surface area contributed by atoms with E-state index in [4.69, 9.17) is 0 Å². The molecule has 0 fully saturated rings. The molecule has 0 aliphatic heterocycles. The van der Waals surface area contributed by atoms with Crippen molar-refractivity contribution in [1.29, 1.82) is 0 Å². The van der Waals surface area contributed by atoms with Crippen LogP contribution in [0.4, 0.5) is 0 Å². The molecule has 0 aliphatic carbocycles. The Labute approximate surface area is 116 Å². The molecule has 0 spiro atoms. The average molecular weight is 266 g/mol. The summed E-state index contributed by atoms with van der Waals surface area (Å²) in [4.78, 5) is 1.37. The van der Waals surface area contributed by atoms with Crippen LogP contribution >= 0.6 is 11.8 Å². The lowest BCUT2D eigenvalue weighted by Gasteiger charge is -2.20. The van der Waals surface area contributed by atoms with Crippen molar-refractivity contribution in [3.63, 3.8) is 0 Å². The van der Waals surface area contributed by atoms with E-state index in [0.717, 1.165) is 19.6 Å². The SMILES string of the molecule is CSc1ccccc1CNCCCNC(C)(C)C. The van der Waals surface area contributed by atoms with Crippen LogP contribution in [0, 0.1) is 0 Å². The summed E-state index contributed by atoms with van der Waals surface area (Å²) in [5.41, 5.74) is 1.62. The van der Waals surface area contributed by atoms with Gasteiger partial charge in [0.25, 0.3) is 0 Å². The van der Waals surface area contributed by atoms with Crippen molar-refractivity contribution in [2.24, 2.45) is 0 Å². The lowest BCUT2D eigenvalue weighted by molar-refractivity contribution is 0.418. The van der Waals surface area contributed by atoms with Crippen LogP contribution < -0.4 is 10.6 Å². The highest BCUT2D eigenvalue weighted by atomic mass is 32.2. The molecule has 1 rings (SSSR count). The van der Waals surface area contributed by atoms with E-state index in [2.05, 4.69) is 61.9 Å². The summed E-state index contributed by atoms with van der Waals surface area (Å²) < 4.78 is 0. The molecular formula is C15H26N2S. The van der Waals surface area contributed by atoms with Gasteiger partial charge in [0.15, 0.2) is 0 Å². The number of hydrogen-bond acceptors (Lipinski definition) is 3.